The summed E-state index contributed by atoms with van der Waals surface area (Å²) in [5.74, 6) is 0. The Kier molecular flexibility index (Phi) is 5.03. The SMILES string of the molecule is Cn1cc(Cn2c(=O)c3cc(S(=O)(=O)NC4(CF)CC4)ccc3n(CC#N)c2=O)cn1. The zero-order valence-electron chi connectivity index (χ0n) is 16.6. The molecule has 0 bridgehead atoms. The summed E-state index contributed by atoms with van der Waals surface area (Å²) in [7, 11) is -2.39. The van der Waals surface area contributed by atoms with Crippen molar-refractivity contribution in [3.8, 4) is 6.07 Å². The van der Waals surface area contributed by atoms with Crippen LogP contribution in [0.2, 0.25) is 0 Å². The van der Waals surface area contributed by atoms with E-state index >= 15 is 0 Å². The van der Waals surface area contributed by atoms with E-state index in [1.165, 1.54) is 23.0 Å². The van der Waals surface area contributed by atoms with Crippen LogP contribution in [-0.4, -0.2) is 39.5 Å². The van der Waals surface area contributed by atoms with Crippen molar-refractivity contribution in [3.63, 3.8) is 0 Å². The number of benzene rings is 1. The second-order valence-electron chi connectivity index (χ2n) is 7.64. The molecule has 3 aromatic rings. The van der Waals surface area contributed by atoms with E-state index in [2.05, 4.69) is 9.82 Å². The molecule has 31 heavy (non-hydrogen) atoms. The number of sulfonamides is 1. The van der Waals surface area contributed by atoms with Crippen LogP contribution >= 0.6 is 0 Å². The normalized spacial score (nSPS) is 15.1. The van der Waals surface area contributed by atoms with Crippen LogP contribution in [-0.2, 0) is 30.2 Å². The van der Waals surface area contributed by atoms with Crippen LogP contribution in [0.5, 0.6) is 0 Å². The van der Waals surface area contributed by atoms with Gasteiger partial charge >= 0.3 is 5.69 Å². The summed E-state index contributed by atoms with van der Waals surface area (Å²) in [5.41, 5.74) is -1.74. The lowest BCUT2D eigenvalue weighted by molar-refractivity contribution is 0.393. The van der Waals surface area contributed by atoms with Crippen molar-refractivity contribution in [2.75, 3.05) is 6.67 Å². The highest BCUT2D eigenvalue weighted by Crippen LogP contribution is 2.37. The van der Waals surface area contributed by atoms with Gasteiger partial charge in [-0.1, -0.05) is 0 Å². The van der Waals surface area contributed by atoms with Crippen LogP contribution in [0.1, 0.15) is 18.4 Å². The van der Waals surface area contributed by atoms with E-state index in [9.17, 15) is 22.4 Å². The molecule has 1 aromatic carbocycles. The standard InChI is InChI=1S/C19H19FN6O4S/c1-24-10-13(9-22-24)11-26-17(27)15-8-14(31(29,30)23-19(12-20)4-5-19)2-3-16(15)25(7-6-21)18(26)28/h2-3,8-10,23H,4-5,7,11-12H2,1H3. The van der Waals surface area contributed by atoms with Crippen LogP contribution < -0.4 is 16.0 Å². The molecule has 2 heterocycles. The molecule has 2 aromatic heterocycles. The molecule has 1 saturated carbocycles. The lowest BCUT2D eigenvalue weighted by atomic mass is 10.2. The highest BCUT2D eigenvalue weighted by molar-refractivity contribution is 7.89. The molecule has 0 amide bonds. The van der Waals surface area contributed by atoms with Crippen molar-refractivity contribution >= 4 is 20.9 Å². The van der Waals surface area contributed by atoms with Gasteiger partial charge in [0, 0.05) is 18.8 Å². The molecule has 1 aliphatic rings. The summed E-state index contributed by atoms with van der Waals surface area (Å²) in [6.45, 7) is -1.23. The van der Waals surface area contributed by atoms with Gasteiger partial charge in [0.2, 0.25) is 10.0 Å². The molecule has 0 aliphatic heterocycles. The first-order valence-corrected chi connectivity index (χ1v) is 10.9. The number of rotatable bonds is 7. The molecule has 0 unspecified atom stereocenters. The maximum absolute atomic E-state index is 13.2. The molecule has 0 spiro atoms. The number of alkyl halides is 1. The Hall–Kier alpha value is -3.30. The minimum absolute atomic E-state index is 0.0355. The molecular formula is C19H19FN6O4S. The Bertz CT molecular complexity index is 1440. The fourth-order valence-electron chi connectivity index (χ4n) is 3.43. The Morgan fingerprint density at radius 2 is 2.03 bits per heavy atom. The van der Waals surface area contributed by atoms with Crippen LogP contribution in [0.4, 0.5) is 4.39 Å². The maximum Gasteiger partial charge on any atom is 0.332 e. The number of halogens is 1. The van der Waals surface area contributed by atoms with Gasteiger partial charge in [0.05, 0.1) is 40.1 Å². The van der Waals surface area contributed by atoms with Crippen LogP contribution in [0, 0.1) is 11.3 Å². The van der Waals surface area contributed by atoms with Gasteiger partial charge in [0.25, 0.3) is 5.56 Å². The molecule has 12 heteroatoms. The minimum Gasteiger partial charge on any atom is -0.279 e. The lowest BCUT2D eigenvalue weighted by Gasteiger charge is -2.15. The summed E-state index contributed by atoms with van der Waals surface area (Å²) in [5, 5.41) is 13.1. The zero-order chi connectivity index (χ0) is 22.4. The monoisotopic (exact) mass is 446 g/mol. The van der Waals surface area contributed by atoms with E-state index in [4.69, 9.17) is 5.26 Å². The van der Waals surface area contributed by atoms with Gasteiger partial charge in [0.15, 0.2) is 0 Å². The predicted octanol–water partition coefficient (Wildman–Crippen LogP) is 0.249. The summed E-state index contributed by atoms with van der Waals surface area (Å²) < 4.78 is 44.6. The number of fused-ring (bicyclic) bond motifs is 1. The Balaban J connectivity index is 1.89. The third kappa shape index (κ3) is 3.77. The summed E-state index contributed by atoms with van der Waals surface area (Å²) in [4.78, 5) is 25.8. The average molecular weight is 446 g/mol. The minimum atomic E-state index is -4.08. The summed E-state index contributed by atoms with van der Waals surface area (Å²) in [6.07, 6.45) is 3.94. The van der Waals surface area contributed by atoms with Gasteiger partial charge in [-0.05, 0) is 31.0 Å². The number of nitriles is 1. The maximum atomic E-state index is 13.2. The fourth-order valence-corrected chi connectivity index (χ4v) is 4.89. The van der Waals surface area contributed by atoms with Crippen LogP contribution in [0.25, 0.3) is 10.9 Å². The zero-order valence-corrected chi connectivity index (χ0v) is 17.4. The molecule has 10 nitrogen and oxygen atoms in total. The Morgan fingerprint density at radius 1 is 1.29 bits per heavy atom. The van der Waals surface area contributed by atoms with Gasteiger partial charge in [-0.2, -0.15) is 10.4 Å². The van der Waals surface area contributed by atoms with Gasteiger partial charge in [0.1, 0.15) is 13.2 Å². The van der Waals surface area contributed by atoms with Crippen LogP contribution in [0.15, 0.2) is 45.1 Å². The molecule has 1 fully saturated rings. The first-order chi connectivity index (χ1) is 14.7. The predicted molar refractivity (Wildman–Crippen MR) is 109 cm³/mol. The molecule has 0 radical (unpaired) electrons. The molecule has 1 aliphatic carbocycles. The topological polar surface area (TPSA) is 132 Å². The molecule has 0 saturated heterocycles. The van der Waals surface area contributed by atoms with Crippen molar-refractivity contribution in [2.24, 2.45) is 7.05 Å². The second-order valence-corrected chi connectivity index (χ2v) is 9.32. The van der Waals surface area contributed by atoms with E-state index < -0.39 is 33.5 Å². The molecule has 1 N–H and O–H groups in total. The third-order valence-corrected chi connectivity index (χ3v) is 6.87. The second kappa shape index (κ2) is 7.44. The highest BCUT2D eigenvalue weighted by Gasteiger charge is 2.46. The number of nitrogens with zero attached hydrogens (tertiary/aromatic N) is 5. The fraction of sp³-hybridized carbons (Fsp3) is 0.368. The number of aryl methyl sites for hydroxylation is 1. The van der Waals surface area contributed by atoms with Crippen molar-refractivity contribution < 1.29 is 12.8 Å². The van der Waals surface area contributed by atoms with Crippen molar-refractivity contribution in [1.82, 2.24) is 23.6 Å². The van der Waals surface area contributed by atoms with Gasteiger partial charge < -0.3 is 0 Å². The van der Waals surface area contributed by atoms with Crippen molar-refractivity contribution in [1.29, 1.82) is 5.26 Å². The smallest absolute Gasteiger partial charge is 0.279 e. The molecular weight excluding hydrogens is 427 g/mol. The Labute approximate surface area is 176 Å². The number of aromatic nitrogens is 4. The molecule has 4 rings (SSSR count). The quantitative estimate of drug-likeness (QED) is 0.553. The van der Waals surface area contributed by atoms with Crippen LogP contribution in [0.3, 0.4) is 0 Å². The summed E-state index contributed by atoms with van der Waals surface area (Å²) in [6, 6.07) is 5.58. The van der Waals surface area contributed by atoms with Gasteiger partial charge in [-0.25, -0.2) is 22.3 Å². The first kappa shape index (κ1) is 21.0. The molecule has 162 valence electrons. The van der Waals surface area contributed by atoms with E-state index in [1.54, 1.807) is 13.2 Å². The van der Waals surface area contributed by atoms with E-state index in [0.717, 1.165) is 15.2 Å². The van der Waals surface area contributed by atoms with E-state index in [0.29, 0.717) is 18.4 Å². The number of hydrogen-bond donors (Lipinski definition) is 1. The van der Waals surface area contributed by atoms with E-state index in [1.807, 2.05) is 6.07 Å². The van der Waals surface area contributed by atoms with E-state index in [-0.39, 0.29) is 28.9 Å². The van der Waals surface area contributed by atoms with Gasteiger partial charge in [-0.3, -0.25) is 18.6 Å². The first-order valence-electron chi connectivity index (χ1n) is 9.41. The van der Waals surface area contributed by atoms with Gasteiger partial charge in [-0.15, -0.1) is 0 Å². The number of hydrogen-bond acceptors (Lipinski definition) is 6. The highest BCUT2D eigenvalue weighted by atomic mass is 32.2. The largest absolute Gasteiger partial charge is 0.332 e. The average Bonchev–Trinajstić information content (AvgIpc) is 3.38. The Morgan fingerprint density at radius 3 is 2.61 bits per heavy atom. The van der Waals surface area contributed by atoms with Crippen molar-refractivity contribution in [2.45, 2.75) is 36.4 Å². The lowest BCUT2D eigenvalue weighted by Crippen LogP contribution is -2.41. The number of nitrogens with one attached hydrogen (secondary N) is 1. The third-order valence-electron chi connectivity index (χ3n) is 5.29. The summed E-state index contributed by atoms with van der Waals surface area (Å²) >= 11 is 0. The molecule has 0 atom stereocenters. The van der Waals surface area contributed by atoms with Crippen molar-refractivity contribution in [3.05, 3.63) is 57.0 Å².